The van der Waals surface area contributed by atoms with E-state index in [4.69, 9.17) is 14.2 Å². The van der Waals surface area contributed by atoms with Gasteiger partial charge in [-0.15, -0.1) is 0 Å². The molecule has 8 rings (SSSR count). The SMILES string of the molecule is CC(=O)OC(C1CC(C)C2C(O1)C(O)C13CC14CCC1C(C)(C)C(OC5=NCNC5)CCC15CC54CCC23C)C(C)(C)O. The molecular weight excluding hydrogens is 544 g/mol. The van der Waals surface area contributed by atoms with Crippen molar-refractivity contribution in [3.05, 3.63) is 0 Å². The Morgan fingerprint density at radius 2 is 1.88 bits per heavy atom. The first-order valence-electron chi connectivity index (χ1n) is 17.2. The number of aliphatic hydroxyl groups is 2. The standard InChI is InChI=1S/C35H54N2O6/c1-19-14-21(28(30(5,6)40)41-20(2)38)42-26-25(19)31(7)12-13-33-16-32(33)10-9-23(43-24-15-36-18-37-24)29(3,4)22(32)8-11-34(33)17-35(31,34)27(26)39/h19,21-23,25-28,36,39-40H,8-18H2,1-7H3. The Kier molecular flexibility index (Phi) is 5.82. The van der Waals surface area contributed by atoms with Crippen molar-refractivity contribution in [2.75, 3.05) is 13.2 Å². The van der Waals surface area contributed by atoms with Gasteiger partial charge < -0.3 is 24.4 Å². The normalized spacial score (nSPS) is 54.4. The second-order valence-electron chi connectivity index (χ2n) is 17.8. The van der Waals surface area contributed by atoms with E-state index in [1.54, 1.807) is 13.8 Å². The highest BCUT2D eigenvalue weighted by molar-refractivity contribution is 5.79. The van der Waals surface area contributed by atoms with E-state index >= 15 is 0 Å². The zero-order chi connectivity index (χ0) is 30.6. The van der Waals surface area contributed by atoms with Gasteiger partial charge in [0.15, 0.2) is 12.0 Å². The Morgan fingerprint density at radius 1 is 1.12 bits per heavy atom. The molecule has 43 heavy (non-hydrogen) atoms. The van der Waals surface area contributed by atoms with Crippen LogP contribution in [0, 0.1) is 50.2 Å². The Morgan fingerprint density at radius 3 is 2.56 bits per heavy atom. The number of fused-ring (bicyclic) bond motifs is 2. The van der Waals surface area contributed by atoms with E-state index in [1.165, 1.54) is 39.0 Å². The molecule has 0 aromatic rings. The third-order valence-electron chi connectivity index (χ3n) is 15.6. The van der Waals surface area contributed by atoms with E-state index in [1.807, 2.05) is 0 Å². The lowest BCUT2D eigenvalue weighted by atomic mass is 9.45. The van der Waals surface area contributed by atoms with Crippen LogP contribution in [0.15, 0.2) is 4.99 Å². The summed E-state index contributed by atoms with van der Waals surface area (Å²) in [4.78, 5) is 16.6. The van der Waals surface area contributed by atoms with E-state index in [-0.39, 0.29) is 39.8 Å². The minimum absolute atomic E-state index is 0.0262. The maximum Gasteiger partial charge on any atom is 0.303 e. The van der Waals surface area contributed by atoms with Crippen LogP contribution in [0.2, 0.25) is 0 Å². The van der Waals surface area contributed by atoms with Crippen LogP contribution < -0.4 is 5.32 Å². The molecule has 240 valence electrons. The molecule has 13 unspecified atom stereocenters. The number of nitrogens with zero attached hydrogens (tertiary/aromatic N) is 1. The van der Waals surface area contributed by atoms with Crippen LogP contribution in [0.5, 0.6) is 0 Å². The van der Waals surface area contributed by atoms with Crippen molar-refractivity contribution in [1.82, 2.24) is 5.32 Å². The summed E-state index contributed by atoms with van der Waals surface area (Å²) in [6, 6.07) is 0. The number of carbonyl (C=O) groups excluding carboxylic acids is 1. The molecule has 0 bridgehead atoms. The molecular formula is C35H54N2O6. The summed E-state index contributed by atoms with van der Waals surface area (Å²) in [5, 5.41) is 26.8. The smallest absolute Gasteiger partial charge is 0.303 e. The molecule has 8 nitrogen and oxygen atoms in total. The van der Waals surface area contributed by atoms with E-state index < -0.39 is 29.9 Å². The topological polar surface area (TPSA) is 110 Å². The number of esters is 1. The van der Waals surface area contributed by atoms with Crippen molar-refractivity contribution in [1.29, 1.82) is 0 Å². The first-order valence-corrected chi connectivity index (χ1v) is 17.2. The fraction of sp³-hybridized carbons (Fsp3) is 0.943. The van der Waals surface area contributed by atoms with Crippen LogP contribution in [-0.2, 0) is 19.0 Å². The van der Waals surface area contributed by atoms with Crippen LogP contribution in [0.3, 0.4) is 0 Å². The lowest BCUT2D eigenvalue weighted by molar-refractivity contribution is -0.216. The predicted molar refractivity (Wildman–Crippen MR) is 161 cm³/mol. The second-order valence-corrected chi connectivity index (χ2v) is 17.8. The number of carbonyl (C=O) groups is 1. The Hall–Kier alpha value is -1.22. The van der Waals surface area contributed by atoms with Gasteiger partial charge in [-0.1, -0.05) is 27.7 Å². The average Bonchev–Trinajstić information content (AvgIpc) is 3.69. The molecule has 13 atom stereocenters. The molecule has 7 fully saturated rings. The van der Waals surface area contributed by atoms with Gasteiger partial charge in [0, 0.05) is 17.8 Å². The van der Waals surface area contributed by atoms with Crippen molar-refractivity contribution in [3.63, 3.8) is 0 Å². The summed E-state index contributed by atoms with van der Waals surface area (Å²) < 4.78 is 19.1. The molecule has 0 radical (unpaired) electrons. The van der Waals surface area contributed by atoms with Crippen molar-refractivity contribution in [2.24, 2.45) is 55.2 Å². The van der Waals surface area contributed by atoms with Crippen molar-refractivity contribution < 1.29 is 29.2 Å². The highest BCUT2D eigenvalue weighted by Gasteiger charge is 2.97. The minimum atomic E-state index is -1.23. The monoisotopic (exact) mass is 598 g/mol. The van der Waals surface area contributed by atoms with Crippen LogP contribution in [-0.4, -0.2) is 71.4 Å². The van der Waals surface area contributed by atoms with Crippen LogP contribution in [0.25, 0.3) is 0 Å². The second kappa shape index (κ2) is 8.57. The Balaban J connectivity index is 1.10. The number of rotatable bonds is 4. The van der Waals surface area contributed by atoms with Crippen LogP contribution >= 0.6 is 0 Å². The van der Waals surface area contributed by atoms with Crippen molar-refractivity contribution >= 4 is 11.9 Å². The zero-order valence-electron chi connectivity index (χ0n) is 27.4. The Labute approximate surface area is 257 Å². The third kappa shape index (κ3) is 3.28. The van der Waals surface area contributed by atoms with Gasteiger partial charge >= 0.3 is 5.97 Å². The molecule has 1 saturated heterocycles. The summed E-state index contributed by atoms with van der Waals surface area (Å²) in [7, 11) is 0. The van der Waals surface area contributed by atoms with Gasteiger partial charge in [-0.3, -0.25) is 10.1 Å². The molecule has 0 aromatic heterocycles. The third-order valence-corrected chi connectivity index (χ3v) is 15.6. The molecule has 2 heterocycles. The zero-order valence-corrected chi connectivity index (χ0v) is 27.4. The quantitative estimate of drug-likeness (QED) is 0.406. The van der Waals surface area contributed by atoms with Gasteiger partial charge in [0.25, 0.3) is 0 Å². The van der Waals surface area contributed by atoms with E-state index in [0.29, 0.717) is 29.3 Å². The predicted octanol–water partition coefficient (Wildman–Crippen LogP) is 4.60. The average molecular weight is 599 g/mol. The lowest BCUT2D eigenvalue weighted by Crippen LogP contribution is -2.56. The molecule has 8 aliphatic rings. The number of hydrogen-bond acceptors (Lipinski definition) is 8. The number of hydrogen-bond donors (Lipinski definition) is 3. The molecule has 0 amide bonds. The number of ether oxygens (including phenoxy) is 3. The first-order chi connectivity index (χ1) is 20.1. The highest BCUT2D eigenvalue weighted by atomic mass is 16.6. The number of aliphatic imine (C=N–C) groups is 1. The Bertz CT molecular complexity index is 1260. The van der Waals surface area contributed by atoms with Gasteiger partial charge in [0.2, 0.25) is 0 Å². The minimum Gasteiger partial charge on any atom is -0.476 e. The number of aliphatic hydroxyl groups excluding tert-OH is 1. The van der Waals surface area contributed by atoms with Gasteiger partial charge in [-0.2, -0.15) is 0 Å². The number of nitrogens with one attached hydrogen (secondary N) is 1. The van der Waals surface area contributed by atoms with Crippen molar-refractivity contribution in [2.45, 2.75) is 142 Å². The fourth-order valence-corrected chi connectivity index (χ4v) is 14.2. The summed E-state index contributed by atoms with van der Waals surface area (Å²) in [5.74, 6) is 1.68. The first kappa shape index (κ1) is 29.2. The molecule has 8 heteroatoms. The summed E-state index contributed by atoms with van der Waals surface area (Å²) in [6.45, 7) is 15.9. The molecule has 0 aromatic carbocycles. The van der Waals surface area contributed by atoms with Crippen LogP contribution in [0.1, 0.15) is 106 Å². The van der Waals surface area contributed by atoms with Gasteiger partial charge in [0.05, 0.1) is 37.1 Å². The van der Waals surface area contributed by atoms with E-state index in [0.717, 1.165) is 38.1 Å². The summed E-state index contributed by atoms with van der Waals surface area (Å²) in [5.41, 5.74) is -0.361. The van der Waals surface area contributed by atoms with E-state index in [9.17, 15) is 15.0 Å². The lowest BCUT2D eigenvalue weighted by Gasteiger charge is -2.59. The molecule has 6 aliphatic carbocycles. The highest BCUT2D eigenvalue weighted by Crippen LogP contribution is 3.01. The fourth-order valence-electron chi connectivity index (χ4n) is 14.2. The summed E-state index contributed by atoms with van der Waals surface area (Å²) >= 11 is 0. The largest absolute Gasteiger partial charge is 0.476 e. The maximum absolute atomic E-state index is 12.5. The van der Waals surface area contributed by atoms with Gasteiger partial charge in [-0.05, 0) is 111 Å². The molecule has 4 spiro atoms. The van der Waals surface area contributed by atoms with Gasteiger partial charge in [-0.25, -0.2) is 4.99 Å². The molecule has 2 aliphatic heterocycles. The van der Waals surface area contributed by atoms with Gasteiger partial charge in [0.1, 0.15) is 6.10 Å². The van der Waals surface area contributed by atoms with E-state index in [2.05, 4.69) is 38.0 Å². The molecule has 3 N–H and O–H groups in total. The summed E-state index contributed by atoms with van der Waals surface area (Å²) in [6.07, 6.45) is 8.52. The van der Waals surface area contributed by atoms with Crippen molar-refractivity contribution in [3.8, 4) is 0 Å². The molecule has 6 saturated carbocycles. The van der Waals surface area contributed by atoms with Crippen LogP contribution in [0.4, 0.5) is 0 Å². The maximum atomic E-state index is 12.5.